The average molecular weight is 403 g/mol. The Bertz CT molecular complexity index is 1460. The number of benzene rings is 3. The average Bonchev–Trinajstić information content (AvgIpc) is 3.04. The number of aryl methyl sites for hydroxylation is 4. The van der Waals surface area contributed by atoms with Crippen molar-refractivity contribution in [2.45, 2.75) is 27.7 Å². The molecule has 0 aliphatic heterocycles. The summed E-state index contributed by atoms with van der Waals surface area (Å²) in [6.45, 7) is 7.93. The maximum Gasteiger partial charge on any atom is 0.165 e. The van der Waals surface area contributed by atoms with Crippen LogP contribution >= 0.6 is 0 Å². The highest BCUT2D eigenvalue weighted by Crippen LogP contribution is 2.36. The van der Waals surface area contributed by atoms with Crippen molar-refractivity contribution in [3.05, 3.63) is 82.9 Å². The van der Waals surface area contributed by atoms with Gasteiger partial charge in [0.05, 0.1) is 28.4 Å². The highest BCUT2D eigenvalue weighted by molar-refractivity contribution is 6.10. The molecule has 0 atom stereocenters. The fraction of sp³-hybridized carbons (Fsp3) is 0.154. The largest absolute Gasteiger partial charge is 0.308 e. The van der Waals surface area contributed by atoms with E-state index in [-0.39, 0.29) is 0 Å². The van der Waals surface area contributed by atoms with E-state index < -0.39 is 0 Å². The van der Waals surface area contributed by atoms with Gasteiger partial charge in [0.1, 0.15) is 11.6 Å². The van der Waals surface area contributed by atoms with Gasteiger partial charge in [-0.1, -0.05) is 24.3 Å². The molecule has 0 spiro atoms. The van der Waals surface area contributed by atoms with E-state index in [1.54, 1.807) is 0 Å². The van der Waals surface area contributed by atoms with Crippen LogP contribution in [0.25, 0.3) is 38.9 Å². The molecule has 0 radical (unpaired) electrons. The summed E-state index contributed by atoms with van der Waals surface area (Å²) in [5.41, 5.74) is 6.90. The molecule has 0 saturated heterocycles. The van der Waals surface area contributed by atoms with Gasteiger partial charge in [0, 0.05) is 16.3 Å². The number of fused-ring (bicyclic) bond motifs is 3. The lowest BCUT2D eigenvalue weighted by atomic mass is 10.1. The Morgan fingerprint density at radius 2 is 1.29 bits per heavy atom. The number of aromatic nitrogens is 4. The lowest BCUT2D eigenvalue weighted by Gasteiger charge is -2.14. The monoisotopic (exact) mass is 403 g/mol. The van der Waals surface area contributed by atoms with Crippen molar-refractivity contribution in [2.24, 2.45) is 0 Å². The topological polar surface area (TPSA) is 67.4 Å². The second kappa shape index (κ2) is 7.03. The molecule has 150 valence electrons. The quantitative estimate of drug-likeness (QED) is 0.377. The SMILES string of the molecule is Cc1ccc2c3ccc(C)cc3n(-c3cc(C#N)ccc3-c3nc(C)nc(C)n3)c2c1. The molecule has 5 aromatic rings. The highest BCUT2D eigenvalue weighted by atomic mass is 15.0. The summed E-state index contributed by atoms with van der Waals surface area (Å²) in [6, 6.07) is 21.0. The minimum atomic E-state index is 0.594. The molecule has 0 N–H and O–H groups in total. The van der Waals surface area contributed by atoms with Gasteiger partial charge in [-0.3, -0.25) is 0 Å². The number of rotatable bonds is 2. The zero-order valence-corrected chi connectivity index (χ0v) is 17.9. The minimum absolute atomic E-state index is 0.594. The van der Waals surface area contributed by atoms with Crippen molar-refractivity contribution >= 4 is 21.8 Å². The van der Waals surface area contributed by atoms with Crippen LogP contribution in [-0.4, -0.2) is 19.5 Å². The predicted molar refractivity (Wildman–Crippen MR) is 123 cm³/mol. The van der Waals surface area contributed by atoms with Gasteiger partial charge in [-0.15, -0.1) is 0 Å². The van der Waals surface area contributed by atoms with Crippen molar-refractivity contribution in [1.29, 1.82) is 5.26 Å². The third-order valence-corrected chi connectivity index (χ3v) is 5.55. The molecular weight excluding hydrogens is 382 g/mol. The van der Waals surface area contributed by atoms with Crippen LogP contribution in [0.3, 0.4) is 0 Å². The van der Waals surface area contributed by atoms with Gasteiger partial charge < -0.3 is 4.57 Å². The van der Waals surface area contributed by atoms with Crippen molar-refractivity contribution in [3.63, 3.8) is 0 Å². The molecule has 0 aliphatic carbocycles. The summed E-state index contributed by atoms with van der Waals surface area (Å²) < 4.78 is 2.23. The van der Waals surface area contributed by atoms with Crippen LogP contribution in [0, 0.1) is 39.0 Å². The summed E-state index contributed by atoms with van der Waals surface area (Å²) in [5.74, 6) is 1.96. The normalized spacial score (nSPS) is 11.2. The molecule has 0 amide bonds. The summed E-state index contributed by atoms with van der Waals surface area (Å²) in [6.07, 6.45) is 0. The second-order valence-electron chi connectivity index (χ2n) is 7.97. The predicted octanol–water partition coefficient (Wildman–Crippen LogP) is 5.74. The standard InChI is InChI=1S/C26H21N5/c1-15-5-8-20-21-9-6-16(2)12-24(21)31(23(20)11-15)25-13-19(14-27)7-10-22(25)26-29-17(3)28-18(4)30-26/h5-13H,1-4H3. The summed E-state index contributed by atoms with van der Waals surface area (Å²) in [7, 11) is 0. The number of hydrogen-bond donors (Lipinski definition) is 0. The first-order valence-electron chi connectivity index (χ1n) is 10.2. The first-order valence-corrected chi connectivity index (χ1v) is 10.2. The van der Waals surface area contributed by atoms with Gasteiger partial charge in [-0.2, -0.15) is 5.26 Å². The van der Waals surface area contributed by atoms with Crippen LogP contribution in [0.1, 0.15) is 28.3 Å². The van der Waals surface area contributed by atoms with Crippen molar-refractivity contribution in [1.82, 2.24) is 19.5 Å². The molecule has 0 aliphatic rings. The van der Waals surface area contributed by atoms with E-state index in [4.69, 9.17) is 0 Å². The Kier molecular flexibility index (Phi) is 4.30. The van der Waals surface area contributed by atoms with Gasteiger partial charge in [0.2, 0.25) is 0 Å². The van der Waals surface area contributed by atoms with E-state index in [1.165, 1.54) is 21.9 Å². The van der Waals surface area contributed by atoms with Gasteiger partial charge in [0.15, 0.2) is 5.82 Å². The summed E-state index contributed by atoms with van der Waals surface area (Å²) in [4.78, 5) is 13.5. The van der Waals surface area contributed by atoms with Gasteiger partial charge in [-0.25, -0.2) is 15.0 Å². The molecule has 31 heavy (non-hydrogen) atoms. The molecule has 0 fully saturated rings. The molecule has 5 heteroatoms. The van der Waals surface area contributed by atoms with Crippen molar-refractivity contribution < 1.29 is 0 Å². The van der Waals surface area contributed by atoms with Crippen molar-refractivity contribution in [2.75, 3.05) is 0 Å². The lowest BCUT2D eigenvalue weighted by molar-refractivity contribution is 0.926. The maximum absolute atomic E-state index is 9.62. The minimum Gasteiger partial charge on any atom is -0.308 e. The number of hydrogen-bond acceptors (Lipinski definition) is 4. The molecule has 5 rings (SSSR count). The Labute approximate surface area is 180 Å². The Morgan fingerprint density at radius 1 is 0.710 bits per heavy atom. The van der Waals surface area contributed by atoms with Gasteiger partial charge in [-0.05, 0) is 69.2 Å². The van der Waals surface area contributed by atoms with E-state index >= 15 is 0 Å². The van der Waals surface area contributed by atoms with E-state index in [2.05, 4.69) is 75.8 Å². The van der Waals surface area contributed by atoms with Crippen LogP contribution < -0.4 is 0 Å². The number of nitrogens with zero attached hydrogens (tertiary/aromatic N) is 5. The van der Waals surface area contributed by atoms with E-state index in [0.717, 1.165) is 22.3 Å². The molecular formula is C26H21N5. The lowest BCUT2D eigenvalue weighted by Crippen LogP contribution is -2.03. The van der Waals surface area contributed by atoms with Crippen molar-refractivity contribution in [3.8, 4) is 23.1 Å². The maximum atomic E-state index is 9.62. The first kappa shape index (κ1) is 19.0. The third-order valence-electron chi connectivity index (χ3n) is 5.55. The van der Waals surface area contributed by atoms with Gasteiger partial charge >= 0.3 is 0 Å². The first-order chi connectivity index (χ1) is 14.9. The second-order valence-corrected chi connectivity index (χ2v) is 7.97. The fourth-order valence-electron chi connectivity index (χ4n) is 4.21. The van der Waals surface area contributed by atoms with E-state index in [9.17, 15) is 5.26 Å². The summed E-state index contributed by atoms with van der Waals surface area (Å²) in [5, 5.41) is 12.0. The molecule has 5 nitrogen and oxygen atoms in total. The Balaban J connectivity index is 1.96. The summed E-state index contributed by atoms with van der Waals surface area (Å²) >= 11 is 0. The molecule has 0 bridgehead atoms. The Morgan fingerprint density at radius 3 is 1.84 bits per heavy atom. The Hall–Kier alpha value is -4.04. The molecule has 3 aromatic carbocycles. The molecule has 2 heterocycles. The van der Waals surface area contributed by atoms with E-state index in [1.807, 2.05) is 32.0 Å². The smallest absolute Gasteiger partial charge is 0.165 e. The third kappa shape index (κ3) is 3.13. The van der Waals surface area contributed by atoms with Gasteiger partial charge in [0.25, 0.3) is 0 Å². The zero-order valence-electron chi connectivity index (χ0n) is 17.9. The van der Waals surface area contributed by atoms with E-state index in [0.29, 0.717) is 23.0 Å². The molecule has 2 aromatic heterocycles. The van der Waals surface area contributed by atoms with Crippen LogP contribution in [0.15, 0.2) is 54.6 Å². The highest BCUT2D eigenvalue weighted by Gasteiger charge is 2.18. The fourth-order valence-corrected chi connectivity index (χ4v) is 4.21. The zero-order chi connectivity index (χ0) is 21.7. The molecule has 0 saturated carbocycles. The molecule has 0 unspecified atom stereocenters. The number of nitriles is 1. The van der Waals surface area contributed by atoms with Crippen LogP contribution in [0.2, 0.25) is 0 Å². The van der Waals surface area contributed by atoms with Crippen LogP contribution in [0.4, 0.5) is 0 Å². The van der Waals surface area contributed by atoms with Crippen LogP contribution in [0.5, 0.6) is 0 Å². The van der Waals surface area contributed by atoms with Crippen LogP contribution in [-0.2, 0) is 0 Å².